The zero-order chi connectivity index (χ0) is 22.4. The number of benzene rings is 1. The van der Waals surface area contributed by atoms with Crippen LogP contribution in [0.2, 0.25) is 0 Å². The standard InChI is InChI=1S/C22H27N5O4/c1-15-11-20(27(25-15)9-4-8-23)24-22(29)17-13-21(28)26(14-17)10-7-16-5-6-18(30-2)19(12-16)31-3/h5-6,11-12,17H,4,7,9-10,13-14H2,1-3H3,(H,24,29). The van der Waals surface area contributed by atoms with Crippen molar-refractivity contribution in [3.63, 3.8) is 0 Å². The lowest BCUT2D eigenvalue weighted by Crippen LogP contribution is -2.30. The number of nitriles is 1. The summed E-state index contributed by atoms with van der Waals surface area (Å²) in [5, 5.41) is 16.0. The largest absolute Gasteiger partial charge is 0.493 e. The SMILES string of the molecule is COc1ccc(CCN2CC(C(=O)Nc3cc(C)nn3CCC#N)CC2=O)cc1OC. The van der Waals surface area contributed by atoms with Gasteiger partial charge in [0.05, 0.1) is 44.9 Å². The Balaban J connectivity index is 1.58. The minimum Gasteiger partial charge on any atom is -0.493 e. The van der Waals surface area contributed by atoms with Gasteiger partial charge in [0.15, 0.2) is 11.5 Å². The first-order chi connectivity index (χ1) is 14.9. The average molecular weight is 425 g/mol. The Morgan fingerprint density at radius 3 is 2.74 bits per heavy atom. The number of methoxy groups -OCH3 is 2. The van der Waals surface area contributed by atoms with Crippen molar-refractivity contribution < 1.29 is 19.1 Å². The van der Waals surface area contributed by atoms with E-state index in [4.69, 9.17) is 14.7 Å². The molecule has 2 heterocycles. The Hall–Kier alpha value is -3.54. The van der Waals surface area contributed by atoms with Crippen LogP contribution in [-0.4, -0.2) is 53.8 Å². The number of ether oxygens (including phenoxy) is 2. The summed E-state index contributed by atoms with van der Waals surface area (Å²) in [6.07, 6.45) is 1.14. The first-order valence-electron chi connectivity index (χ1n) is 10.2. The van der Waals surface area contributed by atoms with Crippen molar-refractivity contribution in [3.05, 3.63) is 35.5 Å². The fraction of sp³-hybridized carbons (Fsp3) is 0.455. The fourth-order valence-corrected chi connectivity index (χ4v) is 3.66. The highest BCUT2D eigenvalue weighted by atomic mass is 16.5. The molecule has 31 heavy (non-hydrogen) atoms. The molecule has 1 aromatic heterocycles. The number of amides is 2. The van der Waals surface area contributed by atoms with Crippen LogP contribution in [0, 0.1) is 24.2 Å². The number of hydrogen-bond donors (Lipinski definition) is 1. The number of carbonyl (C=O) groups excluding carboxylic acids is 2. The van der Waals surface area contributed by atoms with Crippen molar-refractivity contribution in [2.75, 3.05) is 32.6 Å². The van der Waals surface area contributed by atoms with Gasteiger partial charge < -0.3 is 19.7 Å². The Kier molecular flexibility index (Phi) is 7.13. The van der Waals surface area contributed by atoms with Gasteiger partial charge in [0, 0.05) is 25.6 Å². The highest BCUT2D eigenvalue weighted by Gasteiger charge is 2.34. The molecule has 1 aliphatic heterocycles. The average Bonchev–Trinajstić information content (AvgIpc) is 3.31. The number of aromatic nitrogens is 2. The summed E-state index contributed by atoms with van der Waals surface area (Å²) in [5.74, 6) is 1.19. The highest BCUT2D eigenvalue weighted by molar-refractivity contribution is 5.96. The van der Waals surface area contributed by atoms with Gasteiger partial charge >= 0.3 is 0 Å². The molecule has 3 rings (SSSR count). The molecule has 0 bridgehead atoms. The second-order valence-corrected chi connectivity index (χ2v) is 7.47. The molecule has 2 aromatic rings. The number of hydrogen-bond acceptors (Lipinski definition) is 6. The second-order valence-electron chi connectivity index (χ2n) is 7.47. The van der Waals surface area contributed by atoms with E-state index in [9.17, 15) is 9.59 Å². The normalized spacial score (nSPS) is 15.6. The van der Waals surface area contributed by atoms with Crippen LogP contribution in [0.25, 0.3) is 0 Å². The van der Waals surface area contributed by atoms with Gasteiger partial charge in [-0.15, -0.1) is 0 Å². The number of likely N-dealkylation sites (tertiary alicyclic amines) is 1. The molecule has 1 aromatic carbocycles. The van der Waals surface area contributed by atoms with Crippen molar-refractivity contribution in [2.24, 2.45) is 5.92 Å². The molecule has 1 fully saturated rings. The summed E-state index contributed by atoms with van der Waals surface area (Å²) in [6.45, 7) is 3.13. The Morgan fingerprint density at radius 2 is 2.03 bits per heavy atom. The van der Waals surface area contributed by atoms with Crippen molar-refractivity contribution in [2.45, 2.75) is 32.7 Å². The summed E-state index contributed by atoms with van der Waals surface area (Å²) >= 11 is 0. The lowest BCUT2D eigenvalue weighted by atomic mass is 10.1. The molecule has 0 saturated carbocycles. The lowest BCUT2D eigenvalue weighted by Gasteiger charge is -2.17. The summed E-state index contributed by atoms with van der Waals surface area (Å²) in [7, 11) is 3.17. The molecule has 1 unspecified atom stereocenters. The minimum absolute atomic E-state index is 0.0326. The molecule has 1 aliphatic rings. The summed E-state index contributed by atoms with van der Waals surface area (Å²) in [4.78, 5) is 26.9. The van der Waals surface area contributed by atoms with Crippen molar-refractivity contribution in [3.8, 4) is 17.6 Å². The van der Waals surface area contributed by atoms with Gasteiger partial charge in [-0.25, -0.2) is 4.68 Å². The van der Waals surface area contributed by atoms with Gasteiger partial charge in [-0.05, 0) is 31.0 Å². The molecule has 1 N–H and O–H groups in total. The maximum atomic E-state index is 12.7. The van der Waals surface area contributed by atoms with Gasteiger partial charge in [0.25, 0.3) is 0 Å². The van der Waals surface area contributed by atoms with Gasteiger partial charge in [-0.3, -0.25) is 9.59 Å². The number of aryl methyl sites for hydroxylation is 2. The van der Waals surface area contributed by atoms with Crippen LogP contribution in [0.5, 0.6) is 11.5 Å². The van der Waals surface area contributed by atoms with Crippen molar-refractivity contribution in [1.29, 1.82) is 5.26 Å². The van der Waals surface area contributed by atoms with Gasteiger partial charge in [0.2, 0.25) is 11.8 Å². The smallest absolute Gasteiger partial charge is 0.230 e. The van der Waals surface area contributed by atoms with Crippen LogP contribution in [0.3, 0.4) is 0 Å². The highest BCUT2D eigenvalue weighted by Crippen LogP contribution is 2.28. The molecule has 9 heteroatoms. The third-order valence-corrected chi connectivity index (χ3v) is 5.29. The number of rotatable bonds is 9. The van der Waals surface area contributed by atoms with Gasteiger partial charge in [-0.1, -0.05) is 6.07 Å². The minimum atomic E-state index is -0.419. The summed E-state index contributed by atoms with van der Waals surface area (Å²) in [5.41, 5.74) is 1.78. The van der Waals surface area contributed by atoms with E-state index in [1.165, 1.54) is 0 Å². The van der Waals surface area contributed by atoms with E-state index in [1.54, 1.807) is 29.9 Å². The Morgan fingerprint density at radius 1 is 1.26 bits per heavy atom. The van der Waals surface area contributed by atoms with Gasteiger partial charge in [0.1, 0.15) is 5.82 Å². The molecule has 9 nitrogen and oxygen atoms in total. The zero-order valence-corrected chi connectivity index (χ0v) is 18.1. The molecular weight excluding hydrogens is 398 g/mol. The van der Waals surface area contributed by atoms with E-state index in [1.807, 2.05) is 25.1 Å². The quantitative estimate of drug-likeness (QED) is 0.659. The predicted molar refractivity (Wildman–Crippen MR) is 114 cm³/mol. The molecule has 0 spiro atoms. The third kappa shape index (κ3) is 5.34. The maximum absolute atomic E-state index is 12.7. The maximum Gasteiger partial charge on any atom is 0.230 e. The van der Waals surface area contributed by atoms with Crippen molar-refractivity contribution in [1.82, 2.24) is 14.7 Å². The van der Waals surface area contributed by atoms with Gasteiger partial charge in [-0.2, -0.15) is 10.4 Å². The van der Waals surface area contributed by atoms with Crippen LogP contribution in [0.4, 0.5) is 5.82 Å². The molecular formula is C22H27N5O4. The predicted octanol–water partition coefficient (Wildman–Crippen LogP) is 2.15. The third-order valence-electron chi connectivity index (χ3n) is 5.29. The van der Waals surface area contributed by atoms with E-state index in [0.717, 1.165) is 11.3 Å². The molecule has 1 atom stereocenters. The molecule has 1 saturated heterocycles. The van der Waals surface area contributed by atoms with E-state index < -0.39 is 5.92 Å². The monoisotopic (exact) mass is 425 g/mol. The summed E-state index contributed by atoms with van der Waals surface area (Å²) < 4.78 is 12.2. The topological polar surface area (TPSA) is 109 Å². The fourth-order valence-electron chi connectivity index (χ4n) is 3.66. The van der Waals surface area contributed by atoms with Crippen molar-refractivity contribution >= 4 is 17.6 Å². The summed E-state index contributed by atoms with van der Waals surface area (Å²) in [6, 6.07) is 9.52. The van der Waals surface area contributed by atoms with E-state index in [0.29, 0.717) is 49.8 Å². The molecule has 2 amide bonds. The first kappa shape index (κ1) is 22.2. The van der Waals surface area contributed by atoms with Crippen LogP contribution in [0.15, 0.2) is 24.3 Å². The molecule has 0 aliphatic carbocycles. The number of nitrogens with one attached hydrogen (secondary N) is 1. The zero-order valence-electron chi connectivity index (χ0n) is 18.1. The van der Waals surface area contributed by atoms with E-state index in [2.05, 4.69) is 16.5 Å². The van der Waals surface area contributed by atoms with Crippen LogP contribution < -0.4 is 14.8 Å². The van der Waals surface area contributed by atoms with Crippen LogP contribution >= 0.6 is 0 Å². The Bertz CT molecular complexity index is 994. The number of anilines is 1. The number of carbonyl (C=O) groups is 2. The lowest BCUT2D eigenvalue weighted by molar-refractivity contribution is -0.128. The molecule has 0 radical (unpaired) electrons. The molecule has 164 valence electrons. The van der Waals surface area contributed by atoms with E-state index in [-0.39, 0.29) is 18.2 Å². The van der Waals surface area contributed by atoms with E-state index >= 15 is 0 Å². The number of nitrogens with zero attached hydrogens (tertiary/aromatic N) is 4. The van der Waals surface area contributed by atoms with Crippen LogP contribution in [-0.2, 0) is 22.6 Å². The second kappa shape index (κ2) is 9.98. The Labute approximate surface area is 181 Å². The first-order valence-corrected chi connectivity index (χ1v) is 10.2. The van der Waals surface area contributed by atoms with Crippen LogP contribution in [0.1, 0.15) is 24.1 Å².